The molecule has 23 heavy (non-hydrogen) atoms. The van der Waals surface area contributed by atoms with Crippen LogP contribution >= 0.6 is 0 Å². The Hall–Kier alpha value is -2.69. The maximum absolute atomic E-state index is 13.5. The number of aryl methyl sites for hydroxylation is 2. The summed E-state index contributed by atoms with van der Waals surface area (Å²) in [7, 11) is 0. The minimum absolute atomic E-state index is 0.196. The van der Waals surface area contributed by atoms with Gasteiger partial charge in [0.2, 0.25) is 0 Å². The van der Waals surface area contributed by atoms with Crippen molar-refractivity contribution < 1.29 is 18.7 Å². The van der Waals surface area contributed by atoms with Crippen molar-refractivity contribution in [3.8, 4) is 0 Å². The van der Waals surface area contributed by atoms with E-state index in [9.17, 15) is 14.0 Å². The number of ether oxygens (including phenoxy) is 1. The van der Waals surface area contributed by atoms with E-state index in [2.05, 4.69) is 5.32 Å². The van der Waals surface area contributed by atoms with Crippen LogP contribution in [0.1, 0.15) is 28.4 Å². The van der Waals surface area contributed by atoms with Crippen LogP contribution in [0.2, 0.25) is 0 Å². The van der Waals surface area contributed by atoms with Gasteiger partial charge in [0.25, 0.3) is 5.91 Å². The summed E-state index contributed by atoms with van der Waals surface area (Å²) >= 11 is 0. The molecule has 1 N–H and O–H groups in total. The van der Waals surface area contributed by atoms with Crippen LogP contribution in [-0.4, -0.2) is 18.0 Å². The molecule has 0 aliphatic rings. The highest BCUT2D eigenvalue weighted by molar-refractivity contribution is 5.97. The van der Waals surface area contributed by atoms with Crippen molar-refractivity contribution in [1.82, 2.24) is 0 Å². The molecule has 0 spiro atoms. The maximum Gasteiger partial charge on any atom is 0.341 e. The second kappa shape index (κ2) is 7.05. The quantitative estimate of drug-likeness (QED) is 0.877. The lowest BCUT2D eigenvalue weighted by Gasteiger charge is -2.15. The number of anilines is 1. The Kier molecular flexibility index (Phi) is 5.11. The number of carbonyl (C=O) groups excluding carboxylic acids is 2. The molecule has 0 aliphatic heterocycles. The fraction of sp³-hybridized carbons (Fsp3) is 0.222. The molecule has 120 valence electrons. The Bertz CT molecular complexity index is 743. The smallest absolute Gasteiger partial charge is 0.341 e. The van der Waals surface area contributed by atoms with Crippen LogP contribution in [0.25, 0.3) is 0 Å². The zero-order valence-corrected chi connectivity index (χ0v) is 13.2. The van der Waals surface area contributed by atoms with Crippen LogP contribution in [0.4, 0.5) is 10.1 Å². The van der Waals surface area contributed by atoms with E-state index in [4.69, 9.17) is 4.74 Å². The van der Waals surface area contributed by atoms with E-state index in [1.54, 1.807) is 6.07 Å². The molecule has 2 aromatic rings. The normalized spacial score (nSPS) is 11.7. The van der Waals surface area contributed by atoms with Crippen molar-refractivity contribution in [3.05, 3.63) is 65.0 Å². The molecule has 0 fully saturated rings. The third-order valence-electron chi connectivity index (χ3n) is 3.39. The monoisotopic (exact) mass is 315 g/mol. The van der Waals surface area contributed by atoms with Crippen LogP contribution in [0.15, 0.2) is 42.5 Å². The molecule has 0 aliphatic carbocycles. The van der Waals surface area contributed by atoms with Crippen molar-refractivity contribution in [2.24, 2.45) is 0 Å². The first-order valence-corrected chi connectivity index (χ1v) is 7.22. The number of carbonyl (C=O) groups is 2. The van der Waals surface area contributed by atoms with E-state index in [1.807, 2.05) is 26.0 Å². The molecule has 0 bridgehead atoms. The molecule has 0 saturated heterocycles. The van der Waals surface area contributed by atoms with Crippen LogP contribution in [0, 0.1) is 19.7 Å². The van der Waals surface area contributed by atoms with Crippen molar-refractivity contribution >= 4 is 17.6 Å². The number of rotatable bonds is 4. The SMILES string of the molecule is Cc1ccc(NC(=O)[C@H](C)OC(=O)c2ccccc2F)c(C)c1. The van der Waals surface area contributed by atoms with E-state index >= 15 is 0 Å². The van der Waals surface area contributed by atoms with Gasteiger partial charge in [0.05, 0.1) is 5.56 Å². The Morgan fingerprint density at radius 1 is 1.13 bits per heavy atom. The topological polar surface area (TPSA) is 55.4 Å². The zero-order valence-electron chi connectivity index (χ0n) is 13.2. The van der Waals surface area contributed by atoms with E-state index in [1.165, 1.54) is 25.1 Å². The largest absolute Gasteiger partial charge is 0.449 e. The number of hydrogen-bond donors (Lipinski definition) is 1. The van der Waals surface area contributed by atoms with E-state index in [0.29, 0.717) is 5.69 Å². The molecule has 0 unspecified atom stereocenters. The number of hydrogen-bond acceptors (Lipinski definition) is 3. The summed E-state index contributed by atoms with van der Waals surface area (Å²) in [5.74, 6) is -2.02. The highest BCUT2D eigenvalue weighted by Gasteiger charge is 2.21. The predicted octanol–water partition coefficient (Wildman–Crippen LogP) is 3.63. The van der Waals surface area contributed by atoms with Gasteiger partial charge in [-0.1, -0.05) is 29.8 Å². The molecule has 1 amide bonds. The fourth-order valence-corrected chi connectivity index (χ4v) is 2.09. The number of benzene rings is 2. The van der Waals surface area contributed by atoms with Gasteiger partial charge in [0, 0.05) is 5.69 Å². The second-order valence-corrected chi connectivity index (χ2v) is 5.34. The first-order chi connectivity index (χ1) is 10.9. The van der Waals surface area contributed by atoms with Crippen molar-refractivity contribution in [3.63, 3.8) is 0 Å². The lowest BCUT2D eigenvalue weighted by molar-refractivity contribution is -0.123. The molecule has 2 aromatic carbocycles. The average molecular weight is 315 g/mol. The van der Waals surface area contributed by atoms with Gasteiger partial charge in [-0.05, 0) is 44.5 Å². The molecular formula is C18H18FNO3. The summed E-state index contributed by atoms with van der Waals surface area (Å²) in [6.07, 6.45) is -1.04. The highest BCUT2D eigenvalue weighted by atomic mass is 19.1. The Balaban J connectivity index is 2.03. The third-order valence-corrected chi connectivity index (χ3v) is 3.39. The van der Waals surface area contributed by atoms with Crippen LogP contribution in [0.5, 0.6) is 0 Å². The molecule has 2 rings (SSSR count). The van der Waals surface area contributed by atoms with E-state index in [-0.39, 0.29) is 5.56 Å². The molecule has 0 radical (unpaired) electrons. The van der Waals surface area contributed by atoms with Crippen LogP contribution in [0.3, 0.4) is 0 Å². The third kappa shape index (κ3) is 4.16. The fourth-order valence-electron chi connectivity index (χ4n) is 2.09. The zero-order chi connectivity index (χ0) is 17.0. The molecule has 5 heteroatoms. The molecule has 0 heterocycles. The first kappa shape index (κ1) is 16.7. The summed E-state index contributed by atoms with van der Waals surface area (Å²) < 4.78 is 18.6. The maximum atomic E-state index is 13.5. The van der Waals surface area contributed by atoms with Crippen LogP contribution < -0.4 is 5.32 Å². The van der Waals surface area contributed by atoms with Gasteiger partial charge in [-0.3, -0.25) is 4.79 Å². The lowest BCUT2D eigenvalue weighted by Crippen LogP contribution is -2.30. The molecule has 0 saturated carbocycles. The summed E-state index contributed by atoms with van der Waals surface area (Å²) in [6, 6.07) is 11.1. The summed E-state index contributed by atoms with van der Waals surface area (Å²) in [5.41, 5.74) is 2.44. The van der Waals surface area contributed by atoms with Gasteiger partial charge in [0.15, 0.2) is 6.10 Å². The molecule has 0 aromatic heterocycles. The van der Waals surface area contributed by atoms with Crippen LogP contribution in [-0.2, 0) is 9.53 Å². The number of halogens is 1. The van der Waals surface area contributed by atoms with Crippen molar-refractivity contribution in [1.29, 1.82) is 0 Å². The van der Waals surface area contributed by atoms with Crippen molar-refractivity contribution in [2.45, 2.75) is 26.9 Å². The lowest BCUT2D eigenvalue weighted by atomic mass is 10.1. The predicted molar refractivity (Wildman–Crippen MR) is 85.8 cm³/mol. The summed E-state index contributed by atoms with van der Waals surface area (Å²) in [4.78, 5) is 24.0. The van der Waals surface area contributed by atoms with E-state index in [0.717, 1.165) is 17.2 Å². The number of esters is 1. The number of amides is 1. The van der Waals surface area contributed by atoms with Gasteiger partial charge in [-0.2, -0.15) is 0 Å². The van der Waals surface area contributed by atoms with Gasteiger partial charge in [0.1, 0.15) is 5.82 Å². The number of nitrogens with one attached hydrogen (secondary N) is 1. The van der Waals surface area contributed by atoms with Crippen molar-refractivity contribution in [2.75, 3.05) is 5.32 Å². The minimum atomic E-state index is -1.04. The highest BCUT2D eigenvalue weighted by Crippen LogP contribution is 2.17. The Morgan fingerprint density at radius 2 is 1.83 bits per heavy atom. The Labute approximate surface area is 134 Å². The van der Waals surface area contributed by atoms with E-state index < -0.39 is 23.8 Å². The minimum Gasteiger partial charge on any atom is -0.449 e. The van der Waals surface area contributed by atoms with Gasteiger partial charge in [-0.15, -0.1) is 0 Å². The Morgan fingerprint density at radius 3 is 2.48 bits per heavy atom. The first-order valence-electron chi connectivity index (χ1n) is 7.22. The van der Waals surface area contributed by atoms with Gasteiger partial charge < -0.3 is 10.1 Å². The molecule has 1 atom stereocenters. The molecular weight excluding hydrogens is 297 g/mol. The second-order valence-electron chi connectivity index (χ2n) is 5.34. The van der Waals surface area contributed by atoms with Gasteiger partial charge in [-0.25, -0.2) is 9.18 Å². The standard InChI is InChI=1S/C18H18FNO3/c1-11-8-9-16(12(2)10-11)20-17(21)13(3)23-18(22)14-6-4-5-7-15(14)19/h4-10,13H,1-3H3,(H,20,21)/t13-/m0/s1. The summed E-state index contributed by atoms with van der Waals surface area (Å²) in [5, 5.41) is 2.70. The summed E-state index contributed by atoms with van der Waals surface area (Å²) in [6.45, 7) is 5.27. The van der Waals surface area contributed by atoms with Gasteiger partial charge >= 0.3 is 5.97 Å². The average Bonchev–Trinajstić information content (AvgIpc) is 2.50. The molecule has 4 nitrogen and oxygen atoms in total.